The summed E-state index contributed by atoms with van der Waals surface area (Å²) in [5.41, 5.74) is 3.31. The Morgan fingerprint density at radius 1 is 1.08 bits per heavy atom. The fourth-order valence-corrected chi connectivity index (χ4v) is 3.96. The van der Waals surface area contributed by atoms with Crippen LogP contribution in [0.25, 0.3) is 22.0 Å². The molecule has 0 aliphatic carbocycles. The molecule has 0 atom stereocenters. The number of nitrogens with one attached hydrogen (secondary N) is 1. The van der Waals surface area contributed by atoms with Crippen molar-refractivity contribution in [2.45, 2.75) is 25.2 Å². The zero-order valence-corrected chi connectivity index (χ0v) is 15.3. The van der Waals surface area contributed by atoms with E-state index in [0.29, 0.717) is 17.7 Å². The molecule has 0 radical (unpaired) electrons. The minimum Gasteiger partial charge on any atom is -0.497 e. The summed E-state index contributed by atoms with van der Waals surface area (Å²) in [6.07, 6.45) is 2.45. The lowest BCUT2D eigenvalue weighted by molar-refractivity contribution is 0.318. The highest BCUT2D eigenvalue weighted by atomic mass is 32.2. The molecule has 0 fully saturated rings. The number of hydrogen-bond donors (Lipinski definition) is 1. The largest absolute Gasteiger partial charge is 0.497 e. The van der Waals surface area contributed by atoms with Gasteiger partial charge in [0.1, 0.15) is 10.6 Å². The van der Waals surface area contributed by atoms with E-state index in [0.717, 1.165) is 22.0 Å². The SMILES string of the molecule is CCCOS(=O)(=O)c1ccc(C)cc1-c1c[nH]c2ccc(OC)cc12. The highest BCUT2D eigenvalue weighted by molar-refractivity contribution is 7.87. The van der Waals surface area contributed by atoms with Gasteiger partial charge in [0, 0.05) is 28.2 Å². The van der Waals surface area contributed by atoms with Crippen LogP contribution in [0.15, 0.2) is 47.5 Å². The van der Waals surface area contributed by atoms with Crippen molar-refractivity contribution in [3.8, 4) is 16.9 Å². The number of aryl methyl sites for hydroxylation is 1. The number of hydrogen-bond acceptors (Lipinski definition) is 4. The summed E-state index contributed by atoms with van der Waals surface area (Å²) in [5.74, 6) is 0.715. The molecule has 6 heteroatoms. The molecule has 1 N–H and O–H groups in total. The molecule has 0 aliphatic heterocycles. The molecule has 0 unspecified atom stereocenters. The van der Waals surface area contributed by atoms with E-state index >= 15 is 0 Å². The second-order valence-electron chi connectivity index (χ2n) is 5.89. The Hall–Kier alpha value is -2.31. The highest BCUT2D eigenvalue weighted by Crippen LogP contribution is 2.36. The van der Waals surface area contributed by atoms with Crippen LogP contribution in [0.3, 0.4) is 0 Å². The zero-order chi connectivity index (χ0) is 18.0. The van der Waals surface area contributed by atoms with Gasteiger partial charge in [0.15, 0.2) is 0 Å². The van der Waals surface area contributed by atoms with E-state index in [9.17, 15) is 8.42 Å². The monoisotopic (exact) mass is 359 g/mol. The standard InChI is InChI=1S/C19H21NO4S/c1-4-9-24-25(21,22)19-8-5-13(2)10-16(19)17-12-20-18-7-6-14(23-3)11-15(17)18/h5-8,10-12,20H,4,9H2,1-3H3. The van der Waals surface area contributed by atoms with Gasteiger partial charge in [-0.1, -0.05) is 18.6 Å². The van der Waals surface area contributed by atoms with Crippen LogP contribution in [0.1, 0.15) is 18.9 Å². The summed E-state index contributed by atoms with van der Waals surface area (Å²) < 4.78 is 35.7. The lowest BCUT2D eigenvalue weighted by Gasteiger charge is -2.11. The van der Waals surface area contributed by atoms with E-state index < -0.39 is 10.1 Å². The fraction of sp³-hybridized carbons (Fsp3) is 0.263. The second kappa shape index (κ2) is 6.90. The van der Waals surface area contributed by atoms with Crippen LogP contribution >= 0.6 is 0 Å². The average Bonchev–Trinajstić information content (AvgIpc) is 3.02. The van der Waals surface area contributed by atoms with Crippen LogP contribution < -0.4 is 4.74 Å². The van der Waals surface area contributed by atoms with E-state index in [4.69, 9.17) is 8.92 Å². The van der Waals surface area contributed by atoms with Crippen molar-refractivity contribution < 1.29 is 17.3 Å². The molecule has 0 amide bonds. The molecule has 0 spiro atoms. The summed E-state index contributed by atoms with van der Waals surface area (Å²) in [6, 6.07) is 10.9. The molecule has 1 aromatic heterocycles. The smallest absolute Gasteiger partial charge is 0.297 e. The van der Waals surface area contributed by atoms with Gasteiger partial charge in [-0.3, -0.25) is 4.18 Å². The third kappa shape index (κ3) is 3.41. The molecule has 5 nitrogen and oxygen atoms in total. The molecule has 132 valence electrons. The summed E-state index contributed by atoms with van der Waals surface area (Å²) in [5, 5.41) is 0.900. The van der Waals surface area contributed by atoms with Gasteiger partial charge in [-0.05, 0) is 43.7 Å². The quantitative estimate of drug-likeness (QED) is 0.668. The first-order valence-electron chi connectivity index (χ1n) is 8.12. The van der Waals surface area contributed by atoms with Crippen LogP contribution in [0.4, 0.5) is 0 Å². The summed E-state index contributed by atoms with van der Waals surface area (Å²) in [4.78, 5) is 3.36. The van der Waals surface area contributed by atoms with Gasteiger partial charge in [-0.2, -0.15) is 8.42 Å². The predicted octanol–water partition coefficient (Wildman–Crippen LogP) is 4.27. The van der Waals surface area contributed by atoms with Gasteiger partial charge in [-0.15, -0.1) is 0 Å². The number of aromatic nitrogens is 1. The Morgan fingerprint density at radius 3 is 2.60 bits per heavy atom. The van der Waals surface area contributed by atoms with Gasteiger partial charge in [0.25, 0.3) is 10.1 Å². The molecule has 2 aromatic carbocycles. The molecule has 3 rings (SSSR count). The summed E-state index contributed by atoms with van der Waals surface area (Å²) in [7, 11) is -2.22. The van der Waals surface area contributed by atoms with Crippen LogP contribution in [-0.4, -0.2) is 27.1 Å². The number of fused-ring (bicyclic) bond motifs is 1. The van der Waals surface area contributed by atoms with Gasteiger partial charge in [-0.25, -0.2) is 0 Å². The van der Waals surface area contributed by atoms with Gasteiger partial charge < -0.3 is 9.72 Å². The zero-order valence-electron chi connectivity index (χ0n) is 14.5. The lowest BCUT2D eigenvalue weighted by atomic mass is 10.0. The van der Waals surface area contributed by atoms with Crippen molar-refractivity contribution in [1.82, 2.24) is 4.98 Å². The molecule has 0 aliphatic rings. The normalized spacial score (nSPS) is 11.8. The Bertz CT molecular complexity index is 1010. The predicted molar refractivity (Wildman–Crippen MR) is 98.5 cm³/mol. The van der Waals surface area contributed by atoms with E-state index in [-0.39, 0.29) is 11.5 Å². The van der Waals surface area contributed by atoms with Crippen molar-refractivity contribution in [2.24, 2.45) is 0 Å². The lowest BCUT2D eigenvalue weighted by Crippen LogP contribution is -2.08. The molecule has 1 heterocycles. The van der Waals surface area contributed by atoms with Crippen molar-refractivity contribution in [2.75, 3.05) is 13.7 Å². The maximum atomic E-state index is 12.6. The van der Waals surface area contributed by atoms with Gasteiger partial charge in [0.2, 0.25) is 0 Å². The summed E-state index contributed by atoms with van der Waals surface area (Å²) in [6.45, 7) is 3.97. The Kier molecular flexibility index (Phi) is 4.83. The Labute approximate surface area is 147 Å². The maximum absolute atomic E-state index is 12.6. The first kappa shape index (κ1) is 17.5. The minimum absolute atomic E-state index is 0.164. The summed E-state index contributed by atoms with van der Waals surface area (Å²) >= 11 is 0. The number of aromatic amines is 1. The molecular formula is C19H21NO4S. The van der Waals surface area contributed by atoms with E-state index in [1.165, 1.54) is 0 Å². The first-order valence-corrected chi connectivity index (χ1v) is 9.52. The van der Waals surface area contributed by atoms with E-state index in [1.807, 2.05) is 44.3 Å². The minimum atomic E-state index is -3.83. The maximum Gasteiger partial charge on any atom is 0.297 e. The van der Waals surface area contributed by atoms with Gasteiger partial charge in [0.05, 0.1) is 13.7 Å². The van der Waals surface area contributed by atoms with Crippen molar-refractivity contribution in [3.63, 3.8) is 0 Å². The fourth-order valence-electron chi connectivity index (χ4n) is 2.78. The molecule has 0 saturated carbocycles. The van der Waals surface area contributed by atoms with Gasteiger partial charge >= 0.3 is 0 Å². The van der Waals surface area contributed by atoms with Crippen LogP contribution in [0.2, 0.25) is 0 Å². The molecule has 25 heavy (non-hydrogen) atoms. The molecule has 3 aromatic rings. The average molecular weight is 359 g/mol. The number of benzene rings is 2. The van der Waals surface area contributed by atoms with E-state index in [1.54, 1.807) is 19.2 Å². The molecular weight excluding hydrogens is 338 g/mol. The number of methoxy groups -OCH3 is 1. The van der Waals surface area contributed by atoms with E-state index in [2.05, 4.69) is 4.98 Å². The Morgan fingerprint density at radius 2 is 1.88 bits per heavy atom. The second-order valence-corrected chi connectivity index (χ2v) is 7.47. The third-order valence-corrected chi connectivity index (χ3v) is 5.40. The highest BCUT2D eigenvalue weighted by Gasteiger charge is 2.22. The number of ether oxygens (including phenoxy) is 1. The third-order valence-electron chi connectivity index (χ3n) is 4.03. The van der Waals surface area contributed by atoms with Crippen LogP contribution in [0, 0.1) is 6.92 Å². The van der Waals surface area contributed by atoms with Crippen LogP contribution in [0.5, 0.6) is 5.75 Å². The van der Waals surface area contributed by atoms with Crippen molar-refractivity contribution in [3.05, 3.63) is 48.2 Å². The molecule has 0 saturated heterocycles. The number of rotatable bonds is 6. The topological polar surface area (TPSA) is 68.4 Å². The Balaban J connectivity index is 2.22. The first-order chi connectivity index (χ1) is 12.0. The van der Waals surface area contributed by atoms with Crippen molar-refractivity contribution in [1.29, 1.82) is 0 Å². The van der Waals surface area contributed by atoms with Crippen molar-refractivity contribution >= 4 is 21.0 Å². The van der Waals surface area contributed by atoms with Crippen LogP contribution in [-0.2, 0) is 14.3 Å². The molecule has 0 bridgehead atoms. The number of H-pyrrole nitrogens is 1.